The minimum absolute atomic E-state index is 0.0913. The summed E-state index contributed by atoms with van der Waals surface area (Å²) in [6.07, 6.45) is 7.38. The lowest BCUT2D eigenvalue weighted by Gasteiger charge is -2.47. The summed E-state index contributed by atoms with van der Waals surface area (Å²) < 4.78 is 27.7. The quantitative estimate of drug-likeness (QED) is 0.662. The summed E-state index contributed by atoms with van der Waals surface area (Å²) in [5.41, 5.74) is 1.82. The monoisotopic (exact) mass is 409 g/mol. The fourth-order valence-corrected chi connectivity index (χ4v) is 5.44. The molecule has 0 aromatic carbocycles. The lowest BCUT2D eigenvalue weighted by Crippen LogP contribution is -2.64. The number of nitriles is 2. The molecule has 148 valence electrons. The molecule has 0 saturated carbocycles. The van der Waals surface area contributed by atoms with E-state index in [1.54, 1.807) is 23.3 Å². The van der Waals surface area contributed by atoms with E-state index in [0.717, 1.165) is 10.9 Å². The summed E-state index contributed by atoms with van der Waals surface area (Å²) >= 11 is 0. The number of nitrogens with one attached hydrogen (secondary N) is 1. The van der Waals surface area contributed by atoms with E-state index in [-0.39, 0.29) is 25.3 Å². The van der Waals surface area contributed by atoms with E-state index in [4.69, 9.17) is 0 Å². The number of pyridine rings is 1. The lowest BCUT2D eigenvalue weighted by molar-refractivity contribution is 0.0718. The molecular formula is C19H19N7O2S. The molecular weight excluding hydrogens is 390 g/mol. The van der Waals surface area contributed by atoms with Crippen molar-refractivity contribution in [3.63, 3.8) is 0 Å². The largest absolute Gasteiger partial charge is 0.346 e. The number of sulfonamides is 1. The molecule has 0 unspecified atom stereocenters. The third-order valence-corrected chi connectivity index (χ3v) is 7.24. The molecule has 0 spiro atoms. The van der Waals surface area contributed by atoms with E-state index in [0.29, 0.717) is 23.2 Å². The maximum atomic E-state index is 12.3. The maximum absolute atomic E-state index is 12.3. The van der Waals surface area contributed by atoms with Crippen LogP contribution < -0.4 is 0 Å². The van der Waals surface area contributed by atoms with Crippen LogP contribution in [0.3, 0.4) is 0 Å². The molecule has 1 aliphatic rings. The van der Waals surface area contributed by atoms with Gasteiger partial charge in [-0.1, -0.05) is 6.92 Å². The van der Waals surface area contributed by atoms with Gasteiger partial charge in [-0.3, -0.25) is 4.68 Å². The first-order valence-corrected chi connectivity index (χ1v) is 10.8. The zero-order chi connectivity index (χ0) is 20.6. The van der Waals surface area contributed by atoms with Crippen LogP contribution in [-0.4, -0.2) is 51.3 Å². The predicted molar refractivity (Wildman–Crippen MR) is 106 cm³/mol. The molecule has 4 rings (SSSR count). The molecule has 0 bridgehead atoms. The first-order valence-electron chi connectivity index (χ1n) is 9.20. The van der Waals surface area contributed by atoms with Crippen LogP contribution in [0.1, 0.15) is 25.3 Å². The normalized spacial score (nSPS) is 16.2. The molecule has 3 aromatic heterocycles. The molecule has 1 saturated heterocycles. The average molecular weight is 409 g/mol. The second-order valence-electron chi connectivity index (χ2n) is 7.22. The summed E-state index contributed by atoms with van der Waals surface area (Å²) in [5.74, 6) is 0.0913. The lowest BCUT2D eigenvalue weighted by atomic mass is 9.89. The van der Waals surface area contributed by atoms with Crippen LogP contribution in [0.15, 0.2) is 30.9 Å². The van der Waals surface area contributed by atoms with Crippen molar-refractivity contribution in [2.24, 2.45) is 0 Å². The smallest absolute Gasteiger partial charge is 0.214 e. The van der Waals surface area contributed by atoms with E-state index >= 15 is 0 Å². The number of fused-ring (bicyclic) bond motifs is 1. The van der Waals surface area contributed by atoms with Gasteiger partial charge in [0.05, 0.1) is 30.0 Å². The van der Waals surface area contributed by atoms with Crippen LogP contribution in [0.4, 0.5) is 0 Å². The Morgan fingerprint density at radius 3 is 2.79 bits per heavy atom. The zero-order valence-corrected chi connectivity index (χ0v) is 16.6. The van der Waals surface area contributed by atoms with Gasteiger partial charge in [0, 0.05) is 48.2 Å². The van der Waals surface area contributed by atoms with Gasteiger partial charge in [-0.05, 0) is 12.5 Å². The Morgan fingerprint density at radius 2 is 2.10 bits per heavy atom. The van der Waals surface area contributed by atoms with E-state index < -0.39 is 15.6 Å². The van der Waals surface area contributed by atoms with Crippen LogP contribution >= 0.6 is 0 Å². The average Bonchev–Trinajstić information content (AvgIpc) is 3.32. The fourth-order valence-electron chi connectivity index (χ4n) is 3.79. The van der Waals surface area contributed by atoms with Crippen LogP contribution in [0, 0.1) is 22.7 Å². The Balaban J connectivity index is 1.72. The molecule has 29 heavy (non-hydrogen) atoms. The van der Waals surface area contributed by atoms with Crippen molar-refractivity contribution in [1.82, 2.24) is 24.1 Å². The van der Waals surface area contributed by atoms with Crippen molar-refractivity contribution in [2.45, 2.75) is 25.3 Å². The number of hydrogen-bond acceptors (Lipinski definition) is 6. The molecule has 1 aliphatic heterocycles. The summed E-state index contributed by atoms with van der Waals surface area (Å²) in [6, 6.07) is 6.18. The molecule has 0 amide bonds. The highest BCUT2D eigenvalue weighted by molar-refractivity contribution is 7.89. The predicted octanol–water partition coefficient (Wildman–Crippen LogP) is 1.96. The van der Waals surface area contributed by atoms with Crippen molar-refractivity contribution in [3.8, 4) is 23.3 Å². The minimum atomic E-state index is -3.32. The highest BCUT2D eigenvalue weighted by Gasteiger charge is 2.49. The first-order chi connectivity index (χ1) is 13.9. The highest BCUT2D eigenvalue weighted by Crippen LogP contribution is 2.37. The highest BCUT2D eigenvalue weighted by atomic mass is 32.2. The fraction of sp³-hybridized carbons (Fsp3) is 0.368. The van der Waals surface area contributed by atoms with Gasteiger partial charge in [0.1, 0.15) is 17.3 Å². The topological polar surface area (TPSA) is 131 Å². The van der Waals surface area contributed by atoms with E-state index in [9.17, 15) is 18.9 Å². The standard InChI is InChI=1S/C19H19N7O2S/c1-2-7-29(27,28)25-12-19(13-25,4-5-20)26-11-15(10-24-26)17-14(8-21)9-23-18-16(17)3-6-22-18/h3,6,9-11H,2,4,7,12-13H2,1H3,(H,22,23). The summed E-state index contributed by atoms with van der Waals surface area (Å²) in [7, 11) is -3.32. The molecule has 10 heteroatoms. The second kappa shape index (κ2) is 6.99. The van der Waals surface area contributed by atoms with Gasteiger partial charge in [0.25, 0.3) is 0 Å². The van der Waals surface area contributed by atoms with E-state index in [2.05, 4.69) is 27.2 Å². The van der Waals surface area contributed by atoms with Gasteiger partial charge in [-0.25, -0.2) is 13.4 Å². The van der Waals surface area contributed by atoms with Crippen molar-refractivity contribution in [3.05, 3.63) is 36.4 Å². The third kappa shape index (κ3) is 3.07. The summed E-state index contributed by atoms with van der Waals surface area (Å²) in [6.45, 7) is 2.25. The number of aromatic nitrogens is 4. The van der Waals surface area contributed by atoms with E-state index in [1.807, 2.05) is 13.0 Å². The molecule has 3 aromatic rings. The Kier molecular flexibility index (Phi) is 4.61. The van der Waals surface area contributed by atoms with Gasteiger partial charge >= 0.3 is 0 Å². The van der Waals surface area contributed by atoms with Crippen molar-refractivity contribution < 1.29 is 8.42 Å². The van der Waals surface area contributed by atoms with Gasteiger partial charge in [0.15, 0.2) is 0 Å². The van der Waals surface area contributed by atoms with Crippen molar-refractivity contribution in [2.75, 3.05) is 18.8 Å². The molecule has 0 radical (unpaired) electrons. The molecule has 9 nitrogen and oxygen atoms in total. The number of aromatic amines is 1. The van der Waals surface area contributed by atoms with Crippen molar-refractivity contribution >= 4 is 21.1 Å². The Labute approximate surface area is 168 Å². The Bertz CT molecular complexity index is 1250. The van der Waals surface area contributed by atoms with Crippen molar-refractivity contribution in [1.29, 1.82) is 10.5 Å². The number of H-pyrrole nitrogens is 1. The first kappa shape index (κ1) is 19.1. The summed E-state index contributed by atoms with van der Waals surface area (Å²) in [4.78, 5) is 7.27. The van der Waals surface area contributed by atoms with Crippen LogP contribution in [-0.2, 0) is 15.6 Å². The zero-order valence-electron chi connectivity index (χ0n) is 15.8. The molecule has 1 fully saturated rings. The van der Waals surface area contributed by atoms with Crippen LogP contribution in [0.25, 0.3) is 22.2 Å². The summed E-state index contributed by atoms with van der Waals surface area (Å²) in [5, 5.41) is 24.1. The molecule has 4 heterocycles. The Hall–Kier alpha value is -3.21. The number of nitrogens with zero attached hydrogens (tertiary/aromatic N) is 6. The van der Waals surface area contributed by atoms with Gasteiger partial charge < -0.3 is 4.98 Å². The number of rotatable bonds is 6. The molecule has 1 N–H and O–H groups in total. The van der Waals surface area contributed by atoms with Gasteiger partial charge in [-0.2, -0.15) is 19.9 Å². The van der Waals surface area contributed by atoms with Crippen LogP contribution in [0.5, 0.6) is 0 Å². The SMILES string of the molecule is CCCS(=O)(=O)N1CC(CC#N)(n2cc(-c3c(C#N)cnc4[nH]ccc34)cn2)C1. The minimum Gasteiger partial charge on any atom is -0.346 e. The van der Waals surface area contributed by atoms with E-state index in [1.165, 1.54) is 10.5 Å². The molecule has 0 atom stereocenters. The van der Waals surface area contributed by atoms with Crippen LogP contribution in [0.2, 0.25) is 0 Å². The second-order valence-corrected chi connectivity index (χ2v) is 9.30. The maximum Gasteiger partial charge on any atom is 0.214 e. The molecule has 0 aliphatic carbocycles. The van der Waals surface area contributed by atoms with Gasteiger partial charge in [0.2, 0.25) is 10.0 Å². The third-order valence-electron chi connectivity index (χ3n) is 5.27. The Morgan fingerprint density at radius 1 is 1.31 bits per heavy atom. The number of hydrogen-bond donors (Lipinski definition) is 1. The van der Waals surface area contributed by atoms with Gasteiger partial charge in [-0.15, -0.1) is 0 Å².